The van der Waals surface area contributed by atoms with Crippen molar-refractivity contribution in [1.29, 1.82) is 0 Å². The van der Waals surface area contributed by atoms with Crippen LogP contribution in [0.15, 0.2) is 18.5 Å². The summed E-state index contributed by atoms with van der Waals surface area (Å²) in [5.41, 5.74) is 7.72. The summed E-state index contributed by atoms with van der Waals surface area (Å²) in [6, 6.07) is 1.83. The third-order valence-electron chi connectivity index (χ3n) is 1.99. The Morgan fingerprint density at radius 3 is 3.00 bits per heavy atom. The van der Waals surface area contributed by atoms with Gasteiger partial charge in [-0.3, -0.25) is 4.98 Å². The molecule has 1 aromatic heterocycles. The number of halogens is 1. The first-order chi connectivity index (χ1) is 6.20. The van der Waals surface area contributed by atoms with Gasteiger partial charge >= 0.3 is 0 Å². The lowest BCUT2D eigenvalue weighted by Crippen LogP contribution is -1.97. The lowest BCUT2D eigenvalue weighted by molar-refractivity contribution is 0.723. The second-order valence-corrected chi connectivity index (χ2v) is 3.99. The number of hydrogen-bond donors (Lipinski definition) is 1. The van der Waals surface area contributed by atoms with Crippen LogP contribution in [0.25, 0.3) is 0 Å². The van der Waals surface area contributed by atoms with Crippen molar-refractivity contribution in [3.63, 3.8) is 0 Å². The predicted octanol–water partition coefficient (Wildman–Crippen LogP) is 2.61. The number of aryl methyl sites for hydroxylation is 1. The molecule has 2 N–H and O–H groups in total. The third-order valence-corrected chi connectivity index (χ3v) is 2.21. The van der Waals surface area contributed by atoms with Crippen molar-refractivity contribution in [3.05, 3.63) is 24.0 Å². The highest BCUT2D eigenvalue weighted by molar-refractivity contribution is 6.20. The van der Waals surface area contributed by atoms with Crippen molar-refractivity contribution in [2.24, 2.45) is 0 Å². The van der Waals surface area contributed by atoms with Gasteiger partial charge in [0.2, 0.25) is 0 Å². The van der Waals surface area contributed by atoms with E-state index in [0.29, 0.717) is 0 Å². The van der Waals surface area contributed by atoms with Crippen LogP contribution in [0.2, 0.25) is 0 Å². The maximum atomic E-state index is 5.84. The first-order valence-corrected chi connectivity index (χ1v) is 4.96. The van der Waals surface area contributed by atoms with Crippen LogP contribution in [0.3, 0.4) is 0 Å². The van der Waals surface area contributed by atoms with Gasteiger partial charge < -0.3 is 5.73 Å². The zero-order valence-electron chi connectivity index (χ0n) is 7.83. The van der Waals surface area contributed by atoms with E-state index in [-0.39, 0.29) is 5.38 Å². The predicted molar refractivity (Wildman–Crippen MR) is 56.9 cm³/mol. The van der Waals surface area contributed by atoms with Crippen LogP contribution in [0.1, 0.15) is 25.3 Å². The molecule has 0 spiro atoms. The number of aromatic nitrogens is 1. The summed E-state index contributed by atoms with van der Waals surface area (Å²) in [4.78, 5) is 4.03. The molecule has 13 heavy (non-hydrogen) atoms. The molecule has 1 aromatic rings. The van der Waals surface area contributed by atoms with Crippen LogP contribution in [0.4, 0.5) is 5.69 Å². The fraction of sp³-hybridized carbons (Fsp3) is 0.500. The Morgan fingerprint density at radius 1 is 1.62 bits per heavy atom. The molecule has 0 radical (unpaired) electrons. The first-order valence-electron chi connectivity index (χ1n) is 4.52. The average molecular weight is 199 g/mol. The van der Waals surface area contributed by atoms with E-state index in [9.17, 15) is 0 Å². The van der Waals surface area contributed by atoms with Crippen molar-refractivity contribution < 1.29 is 0 Å². The standard InChI is InChI=1S/C10H15ClN2/c1-8(11)3-2-4-9-7-13-6-5-10(9)12/h5-8H,2-4H2,1H3,(H2,12,13). The lowest BCUT2D eigenvalue weighted by Gasteiger charge is -2.05. The molecular weight excluding hydrogens is 184 g/mol. The molecular formula is C10H15ClN2. The summed E-state index contributed by atoms with van der Waals surface area (Å²) in [5.74, 6) is 0. The van der Waals surface area contributed by atoms with Gasteiger partial charge in [-0.2, -0.15) is 0 Å². The quantitative estimate of drug-likeness (QED) is 0.756. The zero-order chi connectivity index (χ0) is 9.68. The topological polar surface area (TPSA) is 38.9 Å². The molecule has 0 fully saturated rings. The number of hydrogen-bond acceptors (Lipinski definition) is 2. The van der Waals surface area contributed by atoms with E-state index in [1.807, 2.05) is 19.2 Å². The van der Waals surface area contributed by atoms with Crippen LogP contribution < -0.4 is 5.73 Å². The summed E-state index contributed by atoms with van der Waals surface area (Å²) >= 11 is 5.84. The van der Waals surface area contributed by atoms with Gasteiger partial charge in [0.25, 0.3) is 0 Å². The Bertz CT molecular complexity index is 261. The van der Waals surface area contributed by atoms with Crippen LogP contribution in [-0.2, 0) is 6.42 Å². The fourth-order valence-corrected chi connectivity index (χ4v) is 1.37. The molecule has 0 saturated heterocycles. The molecule has 3 heteroatoms. The van der Waals surface area contributed by atoms with Crippen LogP contribution in [-0.4, -0.2) is 10.4 Å². The normalized spacial score (nSPS) is 12.8. The van der Waals surface area contributed by atoms with E-state index in [0.717, 1.165) is 30.5 Å². The van der Waals surface area contributed by atoms with Crippen molar-refractivity contribution in [1.82, 2.24) is 4.98 Å². The Kier molecular flexibility index (Phi) is 4.03. The summed E-state index contributed by atoms with van der Waals surface area (Å²) < 4.78 is 0. The fourth-order valence-electron chi connectivity index (χ4n) is 1.22. The number of nitrogens with zero attached hydrogens (tertiary/aromatic N) is 1. The molecule has 1 atom stereocenters. The van der Waals surface area contributed by atoms with Crippen molar-refractivity contribution >= 4 is 17.3 Å². The third kappa shape index (κ3) is 3.64. The maximum absolute atomic E-state index is 5.84. The maximum Gasteiger partial charge on any atom is 0.0377 e. The molecule has 0 saturated carbocycles. The summed E-state index contributed by atoms with van der Waals surface area (Å²) in [6.07, 6.45) is 6.60. The van der Waals surface area contributed by atoms with Gasteiger partial charge in [-0.1, -0.05) is 0 Å². The zero-order valence-corrected chi connectivity index (χ0v) is 8.59. The van der Waals surface area contributed by atoms with Crippen LogP contribution >= 0.6 is 11.6 Å². The molecule has 0 aliphatic carbocycles. The van der Waals surface area contributed by atoms with Gasteiger partial charge in [0, 0.05) is 23.5 Å². The SMILES string of the molecule is CC(Cl)CCCc1cnccc1N. The van der Waals surface area contributed by atoms with Crippen LogP contribution in [0.5, 0.6) is 0 Å². The first kappa shape index (κ1) is 10.3. The number of nitrogens with two attached hydrogens (primary N) is 1. The number of alkyl halides is 1. The number of rotatable bonds is 4. The minimum Gasteiger partial charge on any atom is -0.398 e. The molecule has 1 unspecified atom stereocenters. The number of nitrogen functional groups attached to an aromatic ring is 1. The van der Waals surface area contributed by atoms with E-state index in [1.54, 1.807) is 6.20 Å². The van der Waals surface area contributed by atoms with Gasteiger partial charge in [-0.25, -0.2) is 0 Å². The Morgan fingerprint density at radius 2 is 2.38 bits per heavy atom. The minimum atomic E-state index is 0.248. The van der Waals surface area contributed by atoms with E-state index in [2.05, 4.69) is 4.98 Å². The van der Waals surface area contributed by atoms with Crippen molar-refractivity contribution in [2.75, 3.05) is 5.73 Å². The van der Waals surface area contributed by atoms with Crippen molar-refractivity contribution in [2.45, 2.75) is 31.6 Å². The van der Waals surface area contributed by atoms with Gasteiger partial charge in [0.15, 0.2) is 0 Å². The molecule has 2 nitrogen and oxygen atoms in total. The number of pyridine rings is 1. The number of anilines is 1. The average Bonchev–Trinajstić information content (AvgIpc) is 2.08. The largest absolute Gasteiger partial charge is 0.398 e. The molecule has 0 aliphatic heterocycles. The van der Waals surface area contributed by atoms with Gasteiger partial charge in [0.05, 0.1) is 0 Å². The highest BCUT2D eigenvalue weighted by Gasteiger charge is 2.00. The molecule has 72 valence electrons. The Labute approximate surface area is 84.1 Å². The Hall–Kier alpha value is -0.760. The molecule has 0 amide bonds. The van der Waals surface area contributed by atoms with E-state index < -0.39 is 0 Å². The van der Waals surface area contributed by atoms with Crippen molar-refractivity contribution in [3.8, 4) is 0 Å². The molecule has 0 aromatic carbocycles. The highest BCUT2D eigenvalue weighted by atomic mass is 35.5. The lowest BCUT2D eigenvalue weighted by atomic mass is 10.1. The summed E-state index contributed by atoms with van der Waals surface area (Å²) in [5, 5.41) is 0.248. The van der Waals surface area contributed by atoms with E-state index >= 15 is 0 Å². The molecule has 1 rings (SSSR count). The highest BCUT2D eigenvalue weighted by Crippen LogP contribution is 2.14. The second-order valence-electron chi connectivity index (χ2n) is 3.25. The summed E-state index contributed by atoms with van der Waals surface area (Å²) in [7, 11) is 0. The van der Waals surface area contributed by atoms with Crippen LogP contribution in [0, 0.1) is 0 Å². The Balaban J connectivity index is 2.41. The second kappa shape index (κ2) is 5.07. The van der Waals surface area contributed by atoms with Gasteiger partial charge in [0.1, 0.15) is 0 Å². The van der Waals surface area contributed by atoms with E-state index in [4.69, 9.17) is 17.3 Å². The van der Waals surface area contributed by atoms with Gasteiger partial charge in [-0.15, -0.1) is 11.6 Å². The minimum absolute atomic E-state index is 0.248. The smallest absolute Gasteiger partial charge is 0.0377 e. The molecule has 0 bridgehead atoms. The molecule has 1 heterocycles. The molecule has 0 aliphatic rings. The monoisotopic (exact) mass is 198 g/mol. The summed E-state index contributed by atoms with van der Waals surface area (Å²) in [6.45, 7) is 2.01. The van der Waals surface area contributed by atoms with Gasteiger partial charge in [-0.05, 0) is 37.8 Å². The van der Waals surface area contributed by atoms with E-state index in [1.165, 1.54) is 0 Å².